The van der Waals surface area contributed by atoms with E-state index in [9.17, 15) is 18.4 Å². The average Bonchev–Trinajstić information content (AvgIpc) is 2.48. The van der Waals surface area contributed by atoms with Gasteiger partial charge in [0.1, 0.15) is 0 Å². The van der Waals surface area contributed by atoms with Crippen molar-refractivity contribution in [3.63, 3.8) is 0 Å². The molecule has 0 radical (unpaired) electrons. The van der Waals surface area contributed by atoms with E-state index in [1.54, 1.807) is 34.1 Å². The number of rotatable bonds is 3. The maximum atomic E-state index is 12.5. The predicted octanol–water partition coefficient (Wildman–Crippen LogP) is 2.70. The zero-order chi connectivity index (χ0) is 16.1. The van der Waals surface area contributed by atoms with Crippen molar-refractivity contribution < 1.29 is 18.4 Å². The van der Waals surface area contributed by atoms with Gasteiger partial charge in [0.25, 0.3) is 5.76 Å². The van der Waals surface area contributed by atoms with Gasteiger partial charge in [0.2, 0.25) is 5.91 Å². The molecule has 8 heteroatoms. The van der Waals surface area contributed by atoms with E-state index in [2.05, 4.69) is 5.32 Å². The summed E-state index contributed by atoms with van der Waals surface area (Å²) in [5.41, 5.74) is 0.367. The monoisotopic (exact) mass is 329 g/mol. The number of nitrogens with zero attached hydrogens (tertiary/aromatic N) is 2. The van der Waals surface area contributed by atoms with Crippen LogP contribution < -0.4 is 5.32 Å². The zero-order valence-corrected chi connectivity index (χ0v) is 12.9. The van der Waals surface area contributed by atoms with Crippen LogP contribution in [0.4, 0.5) is 19.3 Å². The number of alkyl halides is 2. The van der Waals surface area contributed by atoms with Crippen LogP contribution in [0.5, 0.6) is 0 Å². The smallest absolute Gasteiger partial charge is 0.321 e. The minimum atomic E-state index is -2.54. The fourth-order valence-electron chi connectivity index (χ4n) is 2.19. The summed E-state index contributed by atoms with van der Waals surface area (Å²) >= 11 is 0.399. The Morgan fingerprint density at radius 1 is 1.14 bits per heavy atom. The van der Waals surface area contributed by atoms with Gasteiger partial charge in [0, 0.05) is 38.0 Å². The summed E-state index contributed by atoms with van der Waals surface area (Å²) in [6, 6.07) is 6.12. The number of benzene rings is 1. The fourth-order valence-corrected chi connectivity index (χ4v) is 2.78. The molecule has 1 aliphatic heterocycles. The van der Waals surface area contributed by atoms with E-state index < -0.39 is 5.76 Å². The van der Waals surface area contributed by atoms with E-state index in [0.717, 1.165) is 0 Å². The molecular weight excluding hydrogens is 312 g/mol. The number of halogens is 2. The van der Waals surface area contributed by atoms with Gasteiger partial charge in [-0.05, 0) is 12.1 Å². The van der Waals surface area contributed by atoms with Crippen LogP contribution in [0.25, 0.3) is 0 Å². The molecule has 22 heavy (non-hydrogen) atoms. The third-order valence-corrected chi connectivity index (χ3v) is 4.15. The van der Waals surface area contributed by atoms with Crippen molar-refractivity contribution >= 4 is 29.4 Å². The zero-order valence-electron chi connectivity index (χ0n) is 12.1. The molecule has 1 aromatic carbocycles. The lowest BCUT2D eigenvalue weighted by molar-refractivity contribution is -0.130. The Kier molecular flexibility index (Phi) is 5.59. The molecule has 3 amide bonds. The highest BCUT2D eigenvalue weighted by Crippen LogP contribution is 2.31. The number of piperazine rings is 1. The highest BCUT2D eigenvalue weighted by molar-refractivity contribution is 7.99. The molecule has 1 aliphatic rings. The van der Waals surface area contributed by atoms with Crippen LogP contribution in [-0.2, 0) is 4.79 Å². The number of urea groups is 1. The Hall–Kier alpha value is -1.83. The molecule has 1 fully saturated rings. The fraction of sp³-hybridized carbons (Fsp3) is 0.429. The number of carbonyl (C=O) groups excluding carboxylic acids is 2. The summed E-state index contributed by atoms with van der Waals surface area (Å²) < 4.78 is 25.0. The molecule has 1 saturated heterocycles. The lowest BCUT2D eigenvalue weighted by atomic mass is 10.3. The summed E-state index contributed by atoms with van der Waals surface area (Å²) in [6.45, 7) is 3.31. The van der Waals surface area contributed by atoms with Crippen LogP contribution in [-0.4, -0.2) is 53.7 Å². The van der Waals surface area contributed by atoms with Gasteiger partial charge in [0.05, 0.1) is 5.69 Å². The van der Waals surface area contributed by atoms with Crippen molar-refractivity contribution in [2.75, 3.05) is 31.5 Å². The van der Waals surface area contributed by atoms with Crippen LogP contribution in [0.15, 0.2) is 29.2 Å². The number of hydrogen-bond acceptors (Lipinski definition) is 3. The third-order valence-electron chi connectivity index (χ3n) is 3.36. The van der Waals surface area contributed by atoms with Gasteiger partial charge in [-0.25, -0.2) is 4.79 Å². The first-order valence-electron chi connectivity index (χ1n) is 6.82. The van der Waals surface area contributed by atoms with Crippen LogP contribution in [0.3, 0.4) is 0 Å². The van der Waals surface area contributed by atoms with Gasteiger partial charge in [-0.1, -0.05) is 23.9 Å². The molecule has 120 valence electrons. The number of thioether (sulfide) groups is 1. The molecule has 0 atom stereocenters. The standard InChI is InChI=1S/C14H17F2N3O2S/c1-10(20)18-6-8-19(9-7-18)14(21)17-11-4-2-3-5-12(11)22-13(15)16/h2-5,13H,6-9H2,1H3,(H,17,21). The molecule has 1 N–H and O–H groups in total. The van der Waals surface area contributed by atoms with Crippen LogP contribution in [0.1, 0.15) is 6.92 Å². The van der Waals surface area contributed by atoms with Gasteiger partial charge in [-0.15, -0.1) is 0 Å². The van der Waals surface area contributed by atoms with Gasteiger partial charge < -0.3 is 15.1 Å². The van der Waals surface area contributed by atoms with E-state index >= 15 is 0 Å². The Morgan fingerprint density at radius 2 is 1.73 bits per heavy atom. The van der Waals surface area contributed by atoms with Crippen molar-refractivity contribution in [1.29, 1.82) is 0 Å². The van der Waals surface area contributed by atoms with E-state index in [1.165, 1.54) is 6.92 Å². The summed E-state index contributed by atoms with van der Waals surface area (Å²) in [5.74, 6) is -2.56. The Balaban J connectivity index is 1.97. The number of para-hydroxylation sites is 1. The summed E-state index contributed by atoms with van der Waals surface area (Å²) in [6.07, 6.45) is 0. The van der Waals surface area contributed by atoms with Gasteiger partial charge >= 0.3 is 6.03 Å². The number of hydrogen-bond donors (Lipinski definition) is 1. The van der Waals surface area contributed by atoms with Crippen LogP contribution in [0, 0.1) is 0 Å². The summed E-state index contributed by atoms with van der Waals surface area (Å²) in [5, 5.41) is 2.66. The van der Waals surface area contributed by atoms with Crippen molar-refractivity contribution in [3.8, 4) is 0 Å². The SMILES string of the molecule is CC(=O)N1CCN(C(=O)Nc2ccccc2SC(F)F)CC1. The van der Waals surface area contributed by atoms with Crippen molar-refractivity contribution in [1.82, 2.24) is 9.80 Å². The van der Waals surface area contributed by atoms with Crippen LogP contribution in [0.2, 0.25) is 0 Å². The first-order valence-corrected chi connectivity index (χ1v) is 7.70. The molecule has 0 bridgehead atoms. The Labute approximate surface area is 131 Å². The third kappa shape index (κ3) is 4.33. The molecule has 2 rings (SSSR count). The molecule has 0 spiro atoms. The number of anilines is 1. The molecule has 1 aromatic rings. The van der Waals surface area contributed by atoms with E-state index in [0.29, 0.717) is 48.5 Å². The Bertz CT molecular complexity index is 549. The van der Waals surface area contributed by atoms with E-state index in [-0.39, 0.29) is 11.9 Å². The minimum absolute atomic E-state index is 0.0151. The average molecular weight is 329 g/mol. The molecule has 1 heterocycles. The topological polar surface area (TPSA) is 52.7 Å². The second kappa shape index (κ2) is 7.44. The maximum absolute atomic E-state index is 12.5. The molecule has 5 nitrogen and oxygen atoms in total. The molecule has 0 unspecified atom stereocenters. The first-order chi connectivity index (χ1) is 10.5. The van der Waals surface area contributed by atoms with E-state index in [1.807, 2.05) is 0 Å². The second-order valence-electron chi connectivity index (χ2n) is 4.80. The van der Waals surface area contributed by atoms with Crippen LogP contribution >= 0.6 is 11.8 Å². The van der Waals surface area contributed by atoms with Crippen molar-refractivity contribution in [2.24, 2.45) is 0 Å². The second-order valence-corrected chi connectivity index (χ2v) is 5.83. The highest BCUT2D eigenvalue weighted by atomic mass is 32.2. The first kappa shape index (κ1) is 16.5. The lowest BCUT2D eigenvalue weighted by Crippen LogP contribution is -2.51. The molecule has 0 saturated carbocycles. The normalized spacial score (nSPS) is 15.1. The number of carbonyl (C=O) groups is 2. The number of amides is 3. The molecule has 0 aliphatic carbocycles. The summed E-state index contributed by atoms with van der Waals surface area (Å²) in [4.78, 5) is 27.0. The van der Waals surface area contributed by atoms with Crippen molar-refractivity contribution in [3.05, 3.63) is 24.3 Å². The quantitative estimate of drug-likeness (QED) is 0.868. The summed E-state index contributed by atoms with van der Waals surface area (Å²) in [7, 11) is 0. The van der Waals surface area contributed by atoms with Gasteiger partial charge in [-0.2, -0.15) is 8.78 Å². The Morgan fingerprint density at radius 3 is 2.32 bits per heavy atom. The highest BCUT2D eigenvalue weighted by Gasteiger charge is 2.23. The number of nitrogens with one attached hydrogen (secondary N) is 1. The largest absolute Gasteiger partial charge is 0.339 e. The maximum Gasteiger partial charge on any atom is 0.321 e. The molecular formula is C14H17F2N3O2S. The van der Waals surface area contributed by atoms with Gasteiger partial charge in [-0.3, -0.25) is 4.79 Å². The van der Waals surface area contributed by atoms with E-state index in [4.69, 9.17) is 0 Å². The predicted molar refractivity (Wildman–Crippen MR) is 81.1 cm³/mol. The lowest BCUT2D eigenvalue weighted by Gasteiger charge is -2.34. The van der Waals surface area contributed by atoms with Gasteiger partial charge in [0.15, 0.2) is 0 Å². The molecule has 0 aromatic heterocycles. The van der Waals surface area contributed by atoms with Crippen molar-refractivity contribution in [2.45, 2.75) is 17.6 Å². The minimum Gasteiger partial charge on any atom is -0.339 e.